The number of nitrogens with one attached hydrogen (secondary N) is 2. The highest BCUT2D eigenvalue weighted by Gasteiger charge is 2.43. The van der Waals surface area contributed by atoms with E-state index >= 15 is 0 Å². The van der Waals surface area contributed by atoms with Crippen molar-refractivity contribution in [2.45, 2.75) is 65.6 Å². The first-order valence-corrected chi connectivity index (χ1v) is 13.2. The summed E-state index contributed by atoms with van der Waals surface area (Å²) >= 11 is 5.92. The highest BCUT2D eigenvalue weighted by Crippen LogP contribution is 2.47. The second-order valence-electron chi connectivity index (χ2n) is 11.0. The molecule has 1 amide bonds. The van der Waals surface area contributed by atoms with Crippen LogP contribution < -0.4 is 20.3 Å². The van der Waals surface area contributed by atoms with E-state index in [2.05, 4.69) is 45.0 Å². The molecule has 37 heavy (non-hydrogen) atoms. The van der Waals surface area contributed by atoms with Crippen LogP contribution in [0.25, 0.3) is 0 Å². The topological polar surface area (TPSA) is 71.4 Å². The van der Waals surface area contributed by atoms with E-state index in [4.69, 9.17) is 17.0 Å². The van der Waals surface area contributed by atoms with E-state index in [1.807, 2.05) is 63.4 Å². The maximum atomic E-state index is 12.6. The molecule has 1 saturated heterocycles. The van der Waals surface area contributed by atoms with Crippen molar-refractivity contribution in [3.63, 3.8) is 0 Å². The van der Waals surface area contributed by atoms with E-state index in [1.54, 1.807) is 7.11 Å². The zero-order chi connectivity index (χ0) is 26.5. The Bertz CT molecular complexity index is 1340. The van der Waals surface area contributed by atoms with E-state index in [0.29, 0.717) is 22.6 Å². The summed E-state index contributed by atoms with van der Waals surface area (Å²) in [6.45, 7) is 10.1. The summed E-state index contributed by atoms with van der Waals surface area (Å²) in [6.07, 6.45) is 4.27. The number of carbonyl (C=O) groups excluding carboxylic acids is 1. The summed E-state index contributed by atoms with van der Waals surface area (Å²) in [5.74, 6) is 0.513. The third-order valence-corrected chi connectivity index (χ3v) is 7.56. The molecule has 8 heteroatoms. The number of hydrogen-bond acceptors (Lipinski definition) is 4. The minimum Gasteiger partial charge on any atom is -0.494 e. The van der Waals surface area contributed by atoms with Crippen LogP contribution in [0.1, 0.15) is 74.4 Å². The number of benzene rings is 1. The molecule has 2 atom stereocenters. The summed E-state index contributed by atoms with van der Waals surface area (Å²) in [5.41, 5.74) is 5.71. The van der Waals surface area contributed by atoms with Crippen molar-refractivity contribution in [2.24, 2.45) is 5.41 Å². The third kappa shape index (κ3) is 4.70. The number of nitrogens with zero attached hydrogens (tertiary/aromatic N) is 3. The molecule has 0 spiro atoms. The Balaban J connectivity index is 1.59. The maximum Gasteiger partial charge on any atom is 0.229 e. The van der Waals surface area contributed by atoms with Crippen molar-refractivity contribution in [3.8, 4) is 5.75 Å². The lowest BCUT2D eigenvalue weighted by Crippen LogP contribution is -2.30. The summed E-state index contributed by atoms with van der Waals surface area (Å²) in [7, 11) is 1.61. The molecule has 3 aromatic rings. The van der Waals surface area contributed by atoms with Gasteiger partial charge in [-0.2, -0.15) is 0 Å². The fraction of sp³-hybridized carbons (Fsp3) is 0.414. The molecule has 1 aliphatic heterocycles. The fourth-order valence-electron chi connectivity index (χ4n) is 5.19. The molecule has 2 aromatic heterocycles. The predicted octanol–water partition coefficient (Wildman–Crippen LogP) is 6.01. The van der Waals surface area contributed by atoms with Crippen molar-refractivity contribution < 1.29 is 9.53 Å². The van der Waals surface area contributed by atoms with Crippen molar-refractivity contribution in [3.05, 3.63) is 71.3 Å². The minimum absolute atomic E-state index is 0.0717. The second-order valence-corrected chi connectivity index (χ2v) is 11.4. The Morgan fingerprint density at radius 3 is 2.54 bits per heavy atom. The maximum absolute atomic E-state index is 12.6. The van der Waals surface area contributed by atoms with Crippen molar-refractivity contribution in [2.75, 3.05) is 17.3 Å². The van der Waals surface area contributed by atoms with Crippen LogP contribution in [0.5, 0.6) is 5.75 Å². The van der Waals surface area contributed by atoms with E-state index in [1.165, 1.54) is 29.8 Å². The number of aryl methyl sites for hydroxylation is 1. The zero-order valence-electron chi connectivity index (χ0n) is 22.3. The van der Waals surface area contributed by atoms with Gasteiger partial charge in [0, 0.05) is 40.8 Å². The Kier molecular flexibility index (Phi) is 6.48. The number of thiocarbonyl (C=S) groups is 1. The third-order valence-electron chi connectivity index (χ3n) is 7.24. The van der Waals surface area contributed by atoms with E-state index < -0.39 is 5.41 Å². The Hall–Kier alpha value is -3.39. The Morgan fingerprint density at radius 2 is 1.92 bits per heavy atom. The molecule has 1 aliphatic carbocycles. The molecule has 1 saturated carbocycles. The van der Waals surface area contributed by atoms with Crippen LogP contribution in [0.3, 0.4) is 0 Å². The van der Waals surface area contributed by atoms with Crippen LogP contribution in [0, 0.1) is 19.3 Å². The number of pyridine rings is 1. The van der Waals surface area contributed by atoms with Gasteiger partial charge in [-0.1, -0.05) is 26.8 Å². The van der Waals surface area contributed by atoms with E-state index in [0.717, 1.165) is 11.4 Å². The molecule has 1 aromatic carbocycles. The molecule has 2 aliphatic rings. The molecule has 0 radical (unpaired) electrons. The van der Waals surface area contributed by atoms with Gasteiger partial charge in [0.05, 0.1) is 30.6 Å². The van der Waals surface area contributed by atoms with Crippen molar-refractivity contribution >= 4 is 34.6 Å². The quantitative estimate of drug-likeness (QED) is 0.391. The number of carbonyl (C=O) groups is 1. The molecule has 5 rings (SSSR count). The van der Waals surface area contributed by atoms with Crippen LogP contribution in [0.2, 0.25) is 0 Å². The molecule has 3 heterocycles. The van der Waals surface area contributed by atoms with E-state index in [-0.39, 0.29) is 18.0 Å². The smallest absolute Gasteiger partial charge is 0.229 e. The molecule has 194 valence electrons. The number of anilines is 2. The van der Waals surface area contributed by atoms with Crippen LogP contribution in [0.4, 0.5) is 11.4 Å². The lowest BCUT2D eigenvalue weighted by atomic mass is 9.95. The van der Waals surface area contributed by atoms with Gasteiger partial charge in [-0.05, 0) is 74.8 Å². The van der Waals surface area contributed by atoms with Crippen LogP contribution in [0.15, 0.2) is 48.7 Å². The summed E-state index contributed by atoms with van der Waals surface area (Å²) < 4.78 is 8.18. The van der Waals surface area contributed by atoms with Gasteiger partial charge in [-0.15, -0.1) is 0 Å². The lowest BCUT2D eigenvalue weighted by molar-refractivity contribution is -0.123. The largest absolute Gasteiger partial charge is 0.494 e. The average molecular weight is 518 g/mol. The monoisotopic (exact) mass is 517 g/mol. The van der Waals surface area contributed by atoms with Crippen LogP contribution >= 0.6 is 12.2 Å². The number of aromatic nitrogens is 2. The number of hydrogen-bond donors (Lipinski definition) is 2. The summed E-state index contributed by atoms with van der Waals surface area (Å²) in [6, 6.07) is 14.5. The number of rotatable bonds is 6. The van der Waals surface area contributed by atoms with Gasteiger partial charge in [0.25, 0.3) is 0 Å². The van der Waals surface area contributed by atoms with Crippen LogP contribution in [-0.4, -0.2) is 27.7 Å². The predicted molar refractivity (Wildman–Crippen MR) is 151 cm³/mol. The number of methoxy groups -OCH3 is 1. The van der Waals surface area contributed by atoms with Gasteiger partial charge < -0.3 is 24.8 Å². The first kappa shape index (κ1) is 25.3. The second kappa shape index (κ2) is 9.49. The van der Waals surface area contributed by atoms with Gasteiger partial charge in [0.15, 0.2) is 5.11 Å². The number of ether oxygens (including phenoxy) is 1. The first-order chi connectivity index (χ1) is 17.6. The normalized spacial score (nSPS) is 19.6. The summed E-state index contributed by atoms with van der Waals surface area (Å²) in [5, 5.41) is 7.18. The van der Waals surface area contributed by atoms with Gasteiger partial charge in [-0.3, -0.25) is 9.78 Å². The SMILES string of the molecule is COc1cc(N2C(=S)N[C@@H](c3ccccn3)[C@@H]2c2cc(C)n(C3CC3)c2C)ccc1NC(=O)C(C)(C)C. The molecular weight excluding hydrogens is 482 g/mol. The lowest BCUT2D eigenvalue weighted by Gasteiger charge is -2.29. The van der Waals surface area contributed by atoms with Crippen molar-refractivity contribution in [1.29, 1.82) is 0 Å². The van der Waals surface area contributed by atoms with E-state index in [9.17, 15) is 4.79 Å². The first-order valence-electron chi connectivity index (χ1n) is 12.8. The highest BCUT2D eigenvalue weighted by molar-refractivity contribution is 7.80. The standard InChI is InChI=1S/C29H35N5O2S/c1-17-15-21(18(2)33(17)19-10-11-19)26-25(23-9-7-8-14-30-23)32-28(37)34(26)20-12-13-22(24(16-20)36-6)31-27(35)29(3,4)5/h7-9,12-16,19,25-26H,10-11H2,1-6H3,(H,31,35)(H,32,37)/t25-,26-/m0/s1. The number of amides is 1. The highest BCUT2D eigenvalue weighted by atomic mass is 32.1. The molecule has 7 nitrogen and oxygen atoms in total. The molecule has 2 N–H and O–H groups in total. The van der Waals surface area contributed by atoms with Crippen LogP contribution in [-0.2, 0) is 4.79 Å². The molecular formula is C29H35N5O2S. The minimum atomic E-state index is -0.519. The summed E-state index contributed by atoms with van der Waals surface area (Å²) in [4.78, 5) is 19.5. The van der Waals surface area contributed by atoms with Gasteiger partial charge in [-0.25, -0.2) is 0 Å². The van der Waals surface area contributed by atoms with Gasteiger partial charge in [0.1, 0.15) is 5.75 Å². The zero-order valence-corrected chi connectivity index (χ0v) is 23.1. The molecule has 0 unspecified atom stereocenters. The van der Waals surface area contributed by atoms with Crippen molar-refractivity contribution in [1.82, 2.24) is 14.9 Å². The molecule has 0 bridgehead atoms. The van der Waals surface area contributed by atoms with Gasteiger partial charge >= 0.3 is 0 Å². The fourth-order valence-corrected chi connectivity index (χ4v) is 5.53. The Morgan fingerprint density at radius 1 is 1.16 bits per heavy atom. The average Bonchev–Trinajstić information content (AvgIpc) is 3.57. The Labute approximate surface area is 224 Å². The van der Waals surface area contributed by atoms with Gasteiger partial charge in [0.2, 0.25) is 5.91 Å². The molecule has 2 fully saturated rings.